The van der Waals surface area contributed by atoms with E-state index in [0.29, 0.717) is 23.6 Å². The van der Waals surface area contributed by atoms with Crippen molar-refractivity contribution in [2.75, 3.05) is 6.54 Å². The molecule has 0 radical (unpaired) electrons. The molecule has 0 aliphatic carbocycles. The number of nitrogens with one attached hydrogen (secondary N) is 1. The van der Waals surface area contributed by atoms with E-state index in [9.17, 15) is 9.59 Å². The monoisotopic (exact) mass is 346 g/mol. The van der Waals surface area contributed by atoms with Gasteiger partial charge in [-0.15, -0.1) is 0 Å². The molecule has 2 aromatic rings. The summed E-state index contributed by atoms with van der Waals surface area (Å²) in [7, 11) is 0. The molecule has 7 nitrogen and oxygen atoms in total. The van der Waals surface area contributed by atoms with E-state index in [0.717, 1.165) is 11.3 Å². The van der Waals surface area contributed by atoms with Crippen molar-refractivity contribution in [2.24, 2.45) is 0 Å². The number of benzene rings is 1. The molecule has 0 saturated heterocycles. The molecule has 134 valence electrons. The van der Waals surface area contributed by atoms with Crippen LogP contribution in [0.4, 0.5) is 0 Å². The van der Waals surface area contributed by atoms with Crippen molar-refractivity contribution in [3.05, 3.63) is 46.8 Å². The molecule has 1 N–H and O–H groups in total. The Labute approximate surface area is 146 Å². The number of aryl methyl sites for hydroxylation is 2. The van der Waals surface area contributed by atoms with Gasteiger partial charge in [0.25, 0.3) is 5.91 Å². The third-order valence-electron chi connectivity index (χ3n) is 3.64. The second kappa shape index (κ2) is 8.32. The van der Waals surface area contributed by atoms with E-state index in [2.05, 4.69) is 10.5 Å². The molecule has 1 atom stereocenters. The first-order valence-electron chi connectivity index (χ1n) is 8.05. The van der Waals surface area contributed by atoms with Crippen LogP contribution in [0, 0.1) is 13.8 Å². The Morgan fingerprint density at radius 1 is 1.32 bits per heavy atom. The molecule has 0 fully saturated rings. The van der Waals surface area contributed by atoms with Crippen LogP contribution in [-0.2, 0) is 16.1 Å². The summed E-state index contributed by atoms with van der Waals surface area (Å²) in [5, 5.41) is 6.48. The van der Waals surface area contributed by atoms with E-state index < -0.39 is 12.1 Å². The van der Waals surface area contributed by atoms with Gasteiger partial charge in [-0.05, 0) is 45.9 Å². The van der Waals surface area contributed by atoms with Gasteiger partial charge in [0.2, 0.25) is 0 Å². The minimum Gasteiger partial charge on any atom is -0.489 e. The number of aromatic nitrogens is 1. The number of likely N-dealkylation sites (N-methyl/N-ethyl adjacent to an activating group) is 1. The summed E-state index contributed by atoms with van der Waals surface area (Å²) in [4.78, 5) is 23.8. The molecule has 0 aliphatic heterocycles. The second-order valence-electron chi connectivity index (χ2n) is 5.56. The van der Waals surface area contributed by atoms with Gasteiger partial charge in [-0.2, -0.15) is 0 Å². The Morgan fingerprint density at radius 2 is 2.08 bits per heavy atom. The first kappa shape index (κ1) is 18.5. The van der Waals surface area contributed by atoms with Gasteiger partial charge < -0.3 is 19.3 Å². The third-order valence-corrected chi connectivity index (χ3v) is 3.64. The molecule has 0 unspecified atom stereocenters. The highest BCUT2D eigenvalue weighted by atomic mass is 16.5. The minimum atomic E-state index is -0.862. The van der Waals surface area contributed by atoms with Gasteiger partial charge in [0, 0.05) is 6.54 Å². The molecule has 0 saturated carbocycles. The maximum absolute atomic E-state index is 12.2. The lowest BCUT2D eigenvalue weighted by molar-refractivity contribution is -0.128. The van der Waals surface area contributed by atoms with Gasteiger partial charge in [-0.25, -0.2) is 4.79 Å². The summed E-state index contributed by atoms with van der Waals surface area (Å²) in [5.41, 5.74) is 1.95. The van der Waals surface area contributed by atoms with Gasteiger partial charge in [0.1, 0.15) is 18.1 Å². The topological polar surface area (TPSA) is 90.7 Å². The van der Waals surface area contributed by atoms with Crippen molar-refractivity contribution in [1.29, 1.82) is 0 Å². The number of rotatable bonds is 7. The molecule has 1 heterocycles. The Bertz CT molecular complexity index is 734. The van der Waals surface area contributed by atoms with Crippen LogP contribution in [0.5, 0.6) is 5.75 Å². The smallest absolute Gasteiger partial charge is 0.339 e. The number of carbonyl (C=O) groups excluding carboxylic acids is 2. The average Bonchev–Trinajstić information content (AvgIpc) is 2.91. The normalized spacial score (nSPS) is 11.7. The zero-order valence-corrected chi connectivity index (χ0v) is 14.8. The fourth-order valence-electron chi connectivity index (χ4n) is 2.18. The summed E-state index contributed by atoms with van der Waals surface area (Å²) < 4.78 is 16.0. The van der Waals surface area contributed by atoms with Crippen LogP contribution in [0.3, 0.4) is 0 Å². The number of nitrogens with zero attached hydrogens (tertiary/aromatic N) is 1. The summed E-state index contributed by atoms with van der Waals surface area (Å²) in [6, 6.07) is 6.61. The van der Waals surface area contributed by atoms with Crippen LogP contribution in [0.15, 0.2) is 28.8 Å². The molecule has 0 spiro atoms. The van der Waals surface area contributed by atoms with Crippen LogP contribution >= 0.6 is 0 Å². The first-order valence-corrected chi connectivity index (χ1v) is 8.05. The molecule has 1 amide bonds. The van der Waals surface area contributed by atoms with Crippen LogP contribution in [-0.4, -0.2) is 29.7 Å². The van der Waals surface area contributed by atoms with Crippen molar-refractivity contribution in [2.45, 2.75) is 40.4 Å². The standard InChI is InChI=1S/C18H22N2O5/c1-5-19-17(21)13(4)24-18(22)14-7-6-8-15(9-14)23-10-16-11(2)20-25-12(16)3/h6-9,13H,5,10H2,1-4H3,(H,19,21)/t13-/m0/s1. The maximum Gasteiger partial charge on any atom is 0.339 e. The molecule has 7 heteroatoms. The van der Waals surface area contributed by atoms with Crippen molar-refractivity contribution in [1.82, 2.24) is 10.5 Å². The quantitative estimate of drug-likeness (QED) is 0.775. The Balaban J connectivity index is 2.00. The number of hydrogen-bond acceptors (Lipinski definition) is 6. The molecule has 0 bridgehead atoms. The maximum atomic E-state index is 12.2. The lowest BCUT2D eigenvalue weighted by atomic mass is 10.2. The average molecular weight is 346 g/mol. The van der Waals surface area contributed by atoms with E-state index in [4.69, 9.17) is 14.0 Å². The zero-order valence-electron chi connectivity index (χ0n) is 14.8. The van der Waals surface area contributed by atoms with Gasteiger partial charge in [-0.1, -0.05) is 11.2 Å². The molecular formula is C18H22N2O5. The van der Waals surface area contributed by atoms with E-state index in [-0.39, 0.29) is 12.5 Å². The van der Waals surface area contributed by atoms with Crippen molar-refractivity contribution in [3.63, 3.8) is 0 Å². The predicted molar refractivity (Wildman–Crippen MR) is 90.3 cm³/mol. The SMILES string of the molecule is CCNC(=O)[C@H](C)OC(=O)c1cccc(OCc2c(C)noc2C)c1. The number of hydrogen-bond donors (Lipinski definition) is 1. The third kappa shape index (κ3) is 4.82. The van der Waals surface area contributed by atoms with E-state index >= 15 is 0 Å². The molecular weight excluding hydrogens is 324 g/mol. The molecule has 0 aliphatic rings. The van der Waals surface area contributed by atoms with Crippen molar-refractivity contribution >= 4 is 11.9 Å². The zero-order chi connectivity index (χ0) is 18.4. The number of carbonyl (C=O) groups is 2. The van der Waals surface area contributed by atoms with Crippen LogP contribution < -0.4 is 10.1 Å². The molecule has 2 rings (SSSR count). The number of esters is 1. The number of amides is 1. The highest BCUT2D eigenvalue weighted by Crippen LogP contribution is 2.19. The fourth-order valence-corrected chi connectivity index (χ4v) is 2.18. The molecule has 1 aromatic carbocycles. The Kier molecular flexibility index (Phi) is 6.16. The summed E-state index contributed by atoms with van der Waals surface area (Å²) in [5.74, 6) is 0.298. The van der Waals surface area contributed by atoms with Gasteiger partial charge in [0.05, 0.1) is 16.8 Å². The van der Waals surface area contributed by atoms with Gasteiger partial charge in [0.15, 0.2) is 6.10 Å². The first-order chi connectivity index (χ1) is 11.9. The fraction of sp³-hybridized carbons (Fsp3) is 0.389. The molecule has 25 heavy (non-hydrogen) atoms. The van der Waals surface area contributed by atoms with Crippen LogP contribution in [0.2, 0.25) is 0 Å². The van der Waals surface area contributed by atoms with Gasteiger partial charge >= 0.3 is 5.97 Å². The van der Waals surface area contributed by atoms with Crippen LogP contribution in [0.1, 0.15) is 41.2 Å². The van der Waals surface area contributed by atoms with Crippen LogP contribution in [0.25, 0.3) is 0 Å². The Hall–Kier alpha value is -2.83. The van der Waals surface area contributed by atoms with Crippen molar-refractivity contribution < 1.29 is 23.6 Å². The Morgan fingerprint density at radius 3 is 2.72 bits per heavy atom. The highest BCUT2D eigenvalue weighted by Gasteiger charge is 2.18. The van der Waals surface area contributed by atoms with Gasteiger partial charge in [-0.3, -0.25) is 4.79 Å². The second-order valence-corrected chi connectivity index (χ2v) is 5.56. The summed E-state index contributed by atoms with van der Waals surface area (Å²) in [6.07, 6.45) is -0.862. The van der Waals surface area contributed by atoms with Crippen molar-refractivity contribution in [3.8, 4) is 5.75 Å². The van der Waals surface area contributed by atoms with E-state index in [1.54, 1.807) is 31.2 Å². The highest BCUT2D eigenvalue weighted by molar-refractivity contribution is 5.92. The summed E-state index contributed by atoms with van der Waals surface area (Å²) in [6.45, 7) is 7.74. The van der Waals surface area contributed by atoms with E-state index in [1.165, 1.54) is 6.92 Å². The lowest BCUT2D eigenvalue weighted by Crippen LogP contribution is -2.35. The number of ether oxygens (including phenoxy) is 2. The largest absolute Gasteiger partial charge is 0.489 e. The summed E-state index contributed by atoms with van der Waals surface area (Å²) >= 11 is 0. The molecule has 1 aromatic heterocycles. The minimum absolute atomic E-state index is 0.287. The van der Waals surface area contributed by atoms with E-state index in [1.807, 2.05) is 13.8 Å². The lowest BCUT2D eigenvalue weighted by Gasteiger charge is -2.13. The predicted octanol–water partition coefficient (Wildman–Crippen LogP) is 2.55.